The van der Waals surface area contributed by atoms with Crippen molar-refractivity contribution < 1.29 is 31.0 Å². The first-order valence-electron chi connectivity index (χ1n) is 13.8. The number of quaternary nitrogens is 1. The van der Waals surface area contributed by atoms with Crippen LogP contribution in [0.2, 0.25) is 0 Å². The molecule has 0 unspecified atom stereocenters. The third-order valence-corrected chi connectivity index (χ3v) is 7.17. The quantitative estimate of drug-likeness (QED) is 0.230. The van der Waals surface area contributed by atoms with Crippen LogP contribution in [0.25, 0.3) is 22.3 Å². The van der Waals surface area contributed by atoms with E-state index in [1.807, 2.05) is 42.5 Å². The van der Waals surface area contributed by atoms with E-state index in [-0.39, 0.29) is 33.9 Å². The summed E-state index contributed by atoms with van der Waals surface area (Å²) in [6, 6.07) is 13.6. The van der Waals surface area contributed by atoms with Gasteiger partial charge in [0, 0.05) is 29.9 Å². The number of rotatable bonds is 14. The smallest absolute Gasteiger partial charge is 0.235 e. The molecule has 0 atom stereocenters. The molecule has 0 spiro atoms. The molecule has 1 heterocycles. The Morgan fingerprint density at radius 2 is 1.49 bits per heavy atom. The van der Waals surface area contributed by atoms with Gasteiger partial charge in [-0.2, -0.15) is 0 Å². The standard InChI is InChI=1S/C31H44N2O3.BrH/c1-6-9-10-11-12-13-14-21-33(4,5)23-24-15-20-28-27(22-24)29(34)30(35)31(36-28)25-16-18-26(19-17-25)32(7-2)8-3;/h15-20,22H,6-14,21,23H2,1-5H3;1H. The Hall–Kier alpha value is -2.31. The van der Waals surface area contributed by atoms with E-state index < -0.39 is 0 Å². The SMILES string of the molecule is CCCCCCCCC[N+](C)(C)Cc1ccc2oc(-c3ccc(N(CC)CC)cc3)c(O)c(=O)c2c1.[Br-]. The highest BCUT2D eigenvalue weighted by Gasteiger charge is 2.19. The van der Waals surface area contributed by atoms with E-state index in [1.54, 1.807) is 0 Å². The van der Waals surface area contributed by atoms with Gasteiger partial charge < -0.3 is 35.9 Å². The molecule has 0 saturated carbocycles. The van der Waals surface area contributed by atoms with Crippen LogP contribution in [0.5, 0.6) is 5.75 Å². The van der Waals surface area contributed by atoms with Gasteiger partial charge in [0.15, 0.2) is 5.76 Å². The fourth-order valence-corrected chi connectivity index (χ4v) is 5.01. The number of aromatic hydroxyl groups is 1. The number of unbranched alkanes of at least 4 members (excludes halogenated alkanes) is 6. The number of fused-ring (bicyclic) bond motifs is 1. The monoisotopic (exact) mass is 572 g/mol. The lowest BCUT2D eigenvalue weighted by atomic mass is 10.1. The first-order valence-corrected chi connectivity index (χ1v) is 13.8. The maximum atomic E-state index is 13.1. The summed E-state index contributed by atoms with van der Waals surface area (Å²) in [5.74, 6) is -0.103. The Bertz CT molecular complexity index is 1170. The fraction of sp³-hybridized carbons (Fsp3) is 0.516. The van der Waals surface area contributed by atoms with Gasteiger partial charge in [-0.15, -0.1) is 0 Å². The minimum atomic E-state index is -0.377. The molecular weight excluding hydrogens is 528 g/mol. The van der Waals surface area contributed by atoms with Crippen molar-refractivity contribution >= 4 is 16.7 Å². The molecular formula is C31H45BrN2O3. The summed E-state index contributed by atoms with van der Waals surface area (Å²) in [5, 5.41) is 11.2. The molecule has 0 aliphatic rings. The first kappa shape index (κ1) is 30.9. The van der Waals surface area contributed by atoms with Crippen LogP contribution in [0.1, 0.15) is 71.3 Å². The number of hydrogen-bond donors (Lipinski definition) is 1. The van der Waals surface area contributed by atoms with E-state index >= 15 is 0 Å². The van der Waals surface area contributed by atoms with Gasteiger partial charge in [-0.25, -0.2) is 0 Å². The highest BCUT2D eigenvalue weighted by atomic mass is 79.9. The summed E-state index contributed by atoms with van der Waals surface area (Å²) in [7, 11) is 4.48. The zero-order chi connectivity index (χ0) is 26.1. The van der Waals surface area contributed by atoms with Crippen LogP contribution >= 0.6 is 0 Å². The maximum absolute atomic E-state index is 13.1. The molecule has 1 aromatic heterocycles. The number of halogens is 1. The van der Waals surface area contributed by atoms with E-state index in [9.17, 15) is 9.90 Å². The van der Waals surface area contributed by atoms with Crippen molar-refractivity contribution in [1.29, 1.82) is 0 Å². The third kappa shape index (κ3) is 8.34. The predicted octanol–water partition coefficient (Wildman–Crippen LogP) is 4.34. The summed E-state index contributed by atoms with van der Waals surface area (Å²) in [5.41, 5.74) is 3.01. The van der Waals surface area contributed by atoms with Crippen molar-refractivity contribution in [1.82, 2.24) is 0 Å². The van der Waals surface area contributed by atoms with Crippen LogP contribution in [0.3, 0.4) is 0 Å². The Morgan fingerprint density at radius 3 is 2.11 bits per heavy atom. The summed E-state index contributed by atoms with van der Waals surface area (Å²) < 4.78 is 6.92. The Balaban J connectivity index is 0.00000481. The van der Waals surface area contributed by atoms with E-state index in [0.717, 1.165) is 41.9 Å². The lowest BCUT2D eigenvalue weighted by Gasteiger charge is -2.30. The van der Waals surface area contributed by atoms with Gasteiger partial charge in [-0.1, -0.05) is 39.0 Å². The van der Waals surface area contributed by atoms with Gasteiger partial charge in [-0.05, 0) is 69.2 Å². The second-order valence-electron chi connectivity index (χ2n) is 10.6. The zero-order valence-corrected chi connectivity index (χ0v) is 24.9. The van der Waals surface area contributed by atoms with Crippen LogP contribution in [-0.2, 0) is 6.54 Å². The summed E-state index contributed by atoms with van der Waals surface area (Å²) >= 11 is 0. The average molecular weight is 574 g/mol. The lowest BCUT2D eigenvalue weighted by molar-refractivity contribution is -0.903. The molecule has 0 radical (unpaired) electrons. The number of nitrogens with zero attached hydrogens (tertiary/aromatic N) is 2. The molecule has 0 amide bonds. The highest BCUT2D eigenvalue weighted by Crippen LogP contribution is 2.32. The minimum absolute atomic E-state index is 0. The molecule has 0 bridgehead atoms. The average Bonchev–Trinajstić information content (AvgIpc) is 2.87. The van der Waals surface area contributed by atoms with Crippen molar-refractivity contribution in [2.24, 2.45) is 0 Å². The molecule has 0 aliphatic carbocycles. The molecule has 204 valence electrons. The van der Waals surface area contributed by atoms with Gasteiger partial charge >= 0.3 is 0 Å². The van der Waals surface area contributed by atoms with E-state index in [4.69, 9.17) is 4.42 Å². The molecule has 5 nitrogen and oxygen atoms in total. The lowest BCUT2D eigenvalue weighted by Crippen LogP contribution is -3.00. The molecule has 6 heteroatoms. The molecule has 0 aliphatic heterocycles. The summed E-state index contributed by atoms with van der Waals surface area (Å²) in [6.45, 7) is 10.3. The van der Waals surface area contributed by atoms with Crippen LogP contribution in [0, 0.1) is 0 Å². The largest absolute Gasteiger partial charge is 1.00 e. The summed E-state index contributed by atoms with van der Waals surface area (Å²) in [6.07, 6.45) is 9.13. The van der Waals surface area contributed by atoms with Crippen molar-refractivity contribution in [2.75, 3.05) is 38.6 Å². The maximum Gasteiger partial charge on any atom is 0.235 e. The van der Waals surface area contributed by atoms with Gasteiger partial charge in [0.2, 0.25) is 11.2 Å². The number of hydrogen-bond acceptors (Lipinski definition) is 4. The van der Waals surface area contributed by atoms with Gasteiger partial charge in [0.1, 0.15) is 12.1 Å². The van der Waals surface area contributed by atoms with E-state index in [1.165, 1.54) is 44.9 Å². The second kappa shape index (κ2) is 14.6. The van der Waals surface area contributed by atoms with Crippen molar-refractivity contribution in [2.45, 2.75) is 72.3 Å². The number of benzene rings is 2. The Kier molecular flexibility index (Phi) is 12.2. The molecule has 2 aromatic carbocycles. The predicted molar refractivity (Wildman–Crippen MR) is 152 cm³/mol. The third-order valence-electron chi connectivity index (χ3n) is 7.17. The molecule has 1 N–H and O–H groups in total. The number of anilines is 1. The van der Waals surface area contributed by atoms with Crippen LogP contribution in [0.4, 0.5) is 5.69 Å². The van der Waals surface area contributed by atoms with Crippen LogP contribution < -0.4 is 27.3 Å². The highest BCUT2D eigenvalue weighted by molar-refractivity contribution is 5.82. The van der Waals surface area contributed by atoms with Gasteiger partial charge in [0.25, 0.3) is 0 Å². The van der Waals surface area contributed by atoms with Crippen molar-refractivity contribution in [3.8, 4) is 17.1 Å². The topological polar surface area (TPSA) is 53.7 Å². The molecule has 3 aromatic rings. The first-order chi connectivity index (χ1) is 17.3. The second-order valence-corrected chi connectivity index (χ2v) is 10.6. The fourth-order valence-electron chi connectivity index (χ4n) is 5.01. The van der Waals surface area contributed by atoms with Gasteiger partial charge in [0.05, 0.1) is 26.0 Å². The molecule has 3 rings (SSSR count). The minimum Gasteiger partial charge on any atom is -1.00 e. The summed E-state index contributed by atoms with van der Waals surface area (Å²) in [4.78, 5) is 15.3. The normalized spacial score (nSPS) is 11.5. The molecule has 0 saturated heterocycles. The van der Waals surface area contributed by atoms with Gasteiger partial charge in [-0.3, -0.25) is 4.79 Å². The van der Waals surface area contributed by atoms with E-state index in [0.29, 0.717) is 16.5 Å². The molecule has 0 fully saturated rings. The van der Waals surface area contributed by atoms with Crippen LogP contribution in [-0.4, -0.2) is 43.3 Å². The van der Waals surface area contributed by atoms with E-state index in [2.05, 4.69) is 39.8 Å². The molecule has 37 heavy (non-hydrogen) atoms. The Labute approximate surface area is 233 Å². The van der Waals surface area contributed by atoms with Crippen molar-refractivity contribution in [3.05, 3.63) is 58.3 Å². The zero-order valence-electron chi connectivity index (χ0n) is 23.4. The Morgan fingerprint density at radius 1 is 0.865 bits per heavy atom. The van der Waals surface area contributed by atoms with Crippen molar-refractivity contribution in [3.63, 3.8) is 0 Å². The van der Waals surface area contributed by atoms with Crippen LogP contribution in [0.15, 0.2) is 51.7 Å².